The minimum absolute atomic E-state index is 0.0399. The molecule has 0 heterocycles. The van der Waals surface area contributed by atoms with Crippen LogP contribution in [-0.2, 0) is 0 Å². The molecule has 0 amide bonds. The molecule has 0 aliphatic carbocycles. The van der Waals surface area contributed by atoms with Gasteiger partial charge in [-0.3, -0.25) is 5.43 Å². The molecular weight excluding hydrogens is 301 g/mol. The van der Waals surface area contributed by atoms with Gasteiger partial charge in [0.1, 0.15) is 11.6 Å². The van der Waals surface area contributed by atoms with Crippen molar-refractivity contribution in [2.75, 3.05) is 5.32 Å². The van der Waals surface area contributed by atoms with E-state index < -0.39 is 5.82 Å². The number of hydrogen-bond donors (Lipinski definition) is 3. The molecule has 0 fully saturated rings. The second kappa shape index (κ2) is 7.00. The standard InChI is InChI=1S/C16H16FN3OS/c1-10-3-6-13(7-4-10)18-16(22)20-19-11(2)14-9-12(17)5-8-15(14)21/h3-9,21H,1-2H3,(H2,18,20,22)/b19-11+. The molecule has 2 aromatic carbocycles. The summed E-state index contributed by atoms with van der Waals surface area (Å²) in [5, 5.41) is 17.0. The molecule has 2 aromatic rings. The molecule has 0 aliphatic rings. The number of nitrogens with zero attached hydrogens (tertiary/aromatic N) is 1. The van der Waals surface area contributed by atoms with E-state index in [0.717, 1.165) is 11.3 Å². The highest BCUT2D eigenvalue weighted by atomic mass is 32.1. The number of halogens is 1. The van der Waals surface area contributed by atoms with E-state index >= 15 is 0 Å². The monoisotopic (exact) mass is 317 g/mol. The van der Waals surface area contributed by atoms with E-state index in [4.69, 9.17) is 12.2 Å². The summed E-state index contributed by atoms with van der Waals surface area (Å²) in [5.41, 5.74) is 5.39. The fourth-order valence-corrected chi connectivity index (χ4v) is 1.95. The fourth-order valence-electron chi connectivity index (χ4n) is 1.79. The highest BCUT2D eigenvalue weighted by molar-refractivity contribution is 7.80. The van der Waals surface area contributed by atoms with Crippen LogP contribution in [0.25, 0.3) is 0 Å². The van der Waals surface area contributed by atoms with Crippen molar-refractivity contribution >= 4 is 28.7 Å². The second-order valence-electron chi connectivity index (χ2n) is 4.79. The van der Waals surface area contributed by atoms with Gasteiger partial charge in [-0.15, -0.1) is 0 Å². The van der Waals surface area contributed by atoms with Crippen molar-refractivity contribution in [3.8, 4) is 5.75 Å². The van der Waals surface area contributed by atoms with Crippen LogP contribution < -0.4 is 10.7 Å². The normalized spacial score (nSPS) is 11.1. The SMILES string of the molecule is C/C(=N\NC(=S)Nc1ccc(C)cc1)c1cc(F)ccc1O. The minimum Gasteiger partial charge on any atom is -0.507 e. The predicted molar refractivity (Wildman–Crippen MR) is 90.8 cm³/mol. The molecular formula is C16H16FN3OS. The first-order valence-electron chi connectivity index (χ1n) is 6.62. The van der Waals surface area contributed by atoms with Gasteiger partial charge in [0.05, 0.1) is 5.71 Å². The Hall–Kier alpha value is -2.47. The van der Waals surface area contributed by atoms with Crippen LogP contribution in [0.2, 0.25) is 0 Å². The Balaban J connectivity index is 2.02. The Labute approximate surface area is 133 Å². The molecule has 0 bridgehead atoms. The van der Waals surface area contributed by atoms with Gasteiger partial charge >= 0.3 is 0 Å². The molecule has 0 spiro atoms. The first kappa shape index (κ1) is 15.9. The first-order chi connectivity index (χ1) is 10.5. The lowest BCUT2D eigenvalue weighted by atomic mass is 10.1. The van der Waals surface area contributed by atoms with E-state index in [1.54, 1.807) is 6.92 Å². The zero-order valence-electron chi connectivity index (χ0n) is 12.2. The van der Waals surface area contributed by atoms with E-state index in [9.17, 15) is 9.50 Å². The van der Waals surface area contributed by atoms with E-state index in [0.29, 0.717) is 16.4 Å². The van der Waals surface area contributed by atoms with E-state index in [1.807, 2.05) is 31.2 Å². The number of rotatable bonds is 3. The maximum atomic E-state index is 13.2. The summed E-state index contributed by atoms with van der Waals surface area (Å²) in [7, 11) is 0. The van der Waals surface area contributed by atoms with Gasteiger partial charge < -0.3 is 10.4 Å². The van der Waals surface area contributed by atoms with Crippen LogP contribution in [-0.4, -0.2) is 15.9 Å². The highest BCUT2D eigenvalue weighted by Crippen LogP contribution is 2.18. The Morgan fingerprint density at radius 2 is 1.86 bits per heavy atom. The molecule has 3 N–H and O–H groups in total. The molecule has 0 saturated heterocycles. The number of nitrogens with one attached hydrogen (secondary N) is 2. The summed E-state index contributed by atoms with van der Waals surface area (Å²) in [6.07, 6.45) is 0. The molecule has 0 unspecified atom stereocenters. The number of aromatic hydroxyl groups is 1. The molecule has 6 heteroatoms. The average Bonchev–Trinajstić information content (AvgIpc) is 2.49. The average molecular weight is 317 g/mol. The van der Waals surface area contributed by atoms with Crippen LogP contribution in [0.1, 0.15) is 18.1 Å². The molecule has 22 heavy (non-hydrogen) atoms. The Morgan fingerprint density at radius 1 is 1.18 bits per heavy atom. The maximum Gasteiger partial charge on any atom is 0.191 e. The zero-order valence-corrected chi connectivity index (χ0v) is 13.0. The molecule has 0 aliphatic heterocycles. The number of phenols is 1. The van der Waals surface area contributed by atoms with E-state index in [2.05, 4.69) is 15.8 Å². The Kier molecular flexibility index (Phi) is 5.06. The Bertz CT molecular complexity index is 714. The van der Waals surface area contributed by atoms with Crippen molar-refractivity contribution in [1.82, 2.24) is 5.43 Å². The van der Waals surface area contributed by atoms with Crippen LogP contribution in [0.15, 0.2) is 47.6 Å². The van der Waals surface area contributed by atoms with Crippen LogP contribution in [0, 0.1) is 12.7 Å². The maximum absolute atomic E-state index is 13.2. The lowest BCUT2D eigenvalue weighted by molar-refractivity contribution is 0.472. The van der Waals surface area contributed by atoms with Crippen LogP contribution in [0.3, 0.4) is 0 Å². The summed E-state index contributed by atoms with van der Waals surface area (Å²) >= 11 is 5.13. The van der Waals surface area contributed by atoms with Gasteiger partial charge in [-0.25, -0.2) is 4.39 Å². The second-order valence-corrected chi connectivity index (χ2v) is 5.20. The van der Waals surface area contributed by atoms with E-state index in [1.165, 1.54) is 18.2 Å². The van der Waals surface area contributed by atoms with Crippen molar-refractivity contribution < 1.29 is 9.50 Å². The zero-order chi connectivity index (χ0) is 16.1. The topological polar surface area (TPSA) is 56.7 Å². The summed E-state index contributed by atoms with van der Waals surface area (Å²) in [6.45, 7) is 3.65. The van der Waals surface area contributed by atoms with Crippen molar-refractivity contribution in [3.05, 3.63) is 59.4 Å². The first-order valence-corrected chi connectivity index (χ1v) is 7.03. The third-order valence-corrected chi connectivity index (χ3v) is 3.18. The van der Waals surface area contributed by atoms with Gasteiger partial charge in [-0.2, -0.15) is 5.10 Å². The van der Waals surface area contributed by atoms with Gasteiger partial charge in [0, 0.05) is 11.3 Å². The molecule has 114 valence electrons. The lowest BCUT2D eigenvalue weighted by Gasteiger charge is -2.09. The number of phenolic OH excluding ortho intramolecular Hbond substituents is 1. The number of benzene rings is 2. The predicted octanol–water partition coefficient (Wildman–Crippen LogP) is 3.55. The molecule has 2 rings (SSSR count). The largest absolute Gasteiger partial charge is 0.507 e. The van der Waals surface area contributed by atoms with Crippen molar-refractivity contribution in [2.45, 2.75) is 13.8 Å². The van der Waals surface area contributed by atoms with Gasteiger partial charge in [0.25, 0.3) is 0 Å². The quantitative estimate of drug-likeness (QED) is 0.460. The molecule has 0 radical (unpaired) electrons. The third kappa shape index (κ3) is 4.26. The fraction of sp³-hybridized carbons (Fsp3) is 0.125. The molecule has 4 nitrogen and oxygen atoms in total. The number of thiocarbonyl (C=S) groups is 1. The van der Waals surface area contributed by atoms with Gasteiger partial charge in [-0.05, 0) is 56.4 Å². The number of anilines is 1. The summed E-state index contributed by atoms with van der Waals surface area (Å²) < 4.78 is 13.2. The molecule has 0 saturated carbocycles. The smallest absolute Gasteiger partial charge is 0.191 e. The summed E-state index contributed by atoms with van der Waals surface area (Å²) in [6, 6.07) is 11.4. The van der Waals surface area contributed by atoms with Crippen LogP contribution in [0.4, 0.5) is 10.1 Å². The van der Waals surface area contributed by atoms with Gasteiger partial charge in [-0.1, -0.05) is 17.7 Å². The van der Waals surface area contributed by atoms with E-state index in [-0.39, 0.29) is 5.75 Å². The number of hydrogen-bond acceptors (Lipinski definition) is 3. The van der Waals surface area contributed by atoms with Crippen LogP contribution in [0.5, 0.6) is 5.75 Å². The summed E-state index contributed by atoms with van der Waals surface area (Å²) in [5.74, 6) is -0.482. The lowest BCUT2D eigenvalue weighted by Crippen LogP contribution is -2.25. The van der Waals surface area contributed by atoms with Gasteiger partial charge in [0.15, 0.2) is 5.11 Å². The minimum atomic E-state index is -0.442. The van der Waals surface area contributed by atoms with Crippen LogP contribution >= 0.6 is 12.2 Å². The van der Waals surface area contributed by atoms with Crippen molar-refractivity contribution in [1.29, 1.82) is 0 Å². The van der Waals surface area contributed by atoms with Gasteiger partial charge in [0.2, 0.25) is 0 Å². The Morgan fingerprint density at radius 3 is 2.55 bits per heavy atom. The number of aryl methyl sites for hydroxylation is 1. The highest BCUT2D eigenvalue weighted by Gasteiger charge is 2.06. The van der Waals surface area contributed by atoms with Crippen molar-refractivity contribution in [3.63, 3.8) is 0 Å². The molecule has 0 atom stereocenters. The third-order valence-electron chi connectivity index (χ3n) is 2.98. The number of hydrazone groups is 1. The summed E-state index contributed by atoms with van der Waals surface area (Å²) in [4.78, 5) is 0. The molecule has 0 aromatic heterocycles. The van der Waals surface area contributed by atoms with Crippen molar-refractivity contribution in [2.24, 2.45) is 5.10 Å².